The maximum Gasteiger partial charge on any atom is 0.250 e. The summed E-state index contributed by atoms with van der Waals surface area (Å²) >= 11 is 4.46. The normalized spacial score (nSPS) is 11.3. The Morgan fingerprint density at radius 2 is 1.86 bits per heavy atom. The van der Waals surface area contributed by atoms with Crippen LogP contribution in [0.4, 0.5) is 5.69 Å². The molecule has 112 valence electrons. The summed E-state index contributed by atoms with van der Waals surface area (Å²) in [6.45, 7) is 1.51. The van der Waals surface area contributed by atoms with E-state index in [1.165, 1.54) is 6.07 Å². The molecule has 0 atom stereocenters. The minimum absolute atomic E-state index is 0.205. The van der Waals surface area contributed by atoms with Crippen LogP contribution in [0.3, 0.4) is 0 Å². The Labute approximate surface area is 135 Å². The minimum atomic E-state index is -3.63. The fraction of sp³-hybridized carbons (Fsp3) is 0.154. The molecule has 2 N–H and O–H groups in total. The predicted octanol–water partition coefficient (Wildman–Crippen LogP) is 2.74. The second-order valence-electron chi connectivity index (χ2n) is 4.24. The highest BCUT2D eigenvalue weighted by Crippen LogP contribution is 2.20. The number of anilines is 1. The Morgan fingerprint density at radius 3 is 2.43 bits per heavy atom. The molecule has 8 heteroatoms. The molecule has 2 aromatic rings. The summed E-state index contributed by atoms with van der Waals surface area (Å²) in [4.78, 5) is 12.6. The second kappa shape index (κ2) is 6.69. The molecule has 0 saturated heterocycles. The summed E-state index contributed by atoms with van der Waals surface area (Å²) in [6, 6.07) is 10.3. The molecular formula is C13H13BrN2O3S2. The van der Waals surface area contributed by atoms with E-state index in [-0.39, 0.29) is 10.8 Å². The molecular weight excluding hydrogens is 376 g/mol. The van der Waals surface area contributed by atoms with Crippen LogP contribution in [0.15, 0.2) is 45.1 Å². The molecule has 0 aliphatic heterocycles. The van der Waals surface area contributed by atoms with E-state index < -0.39 is 15.9 Å². The number of nitrogens with one attached hydrogen (secondary N) is 2. The number of amides is 1. The highest BCUT2D eigenvalue weighted by molar-refractivity contribution is 9.10. The molecule has 1 heterocycles. The number of sulfonamides is 1. The molecule has 21 heavy (non-hydrogen) atoms. The van der Waals surface area contributed by atoms with Gasteiger partial charge in [-0.25, -0.2) is 13.1 Å². The van der Waals surface area contributed by atoms with Gasteiger partial charge in [-0.15, -0.1) is 11.3 Å². The Morgan fingerprint density at radius 1 is 1.19 bits per heavy atom. The van der Waals surface area contributed by atoms with Crippen LogP contribution in [-0.4, -0.2) is 20.9 Å². The highest BCUT2D eigenvalue weighted by Gasteiger charge is 2.17. The van der Waals surface area contributed by atoms with E-state index in [9.17, 15) is 13.2 Å². The van der Waals surface area contributed by atoms with Crippen LogP contribution in [0, 0.1) is 6.92 Å². The lowest BCUT2D eigenvalue weighted by atomic mass is 10.3. The van der Waals surface area contributed by atoms with Gasteiger partial charge in [0.15, 0.2) is 0 Å². The predicted molar refractivity (Wildman–Crippen MR) is 87.0 cm³/mol. The van der Waals surface area contributed by atoms with Crippen LogP contribution in [0.5, 0.6) is 0 Å². The monoisotopic (exact) mass is 388 g/mol. The fourth-order valence-corrected chi connectivity index (χ4v) is 4.10. The zero-order valence-electron chi connectivity index (χ0n) is 11.1. The number of aryl methyl sites for hydroxylation is 1. The van der Waals surface area contributed by atoms with Crippen LogP contribution in [0.1, 0.15) is 4.88 Å². The average molecular weight is 389 g/mol. The number of carbonyl (C=O) groups is 1. The first-order chi connectivity index (χ1) is 9.87. The molecule has 0 spiro atoms. The first-order valence-corrected chi connectivity index (χ1v) is 9.07. The lowest BCUT2D eigenvalue weighted by Gasteiger charge is -2.06. The van der Waals surface area contributed by atoms with Crippen molar-refractivity contribution in [1.82, 2.24) is 4.72 Å². The number of thiophene rings is 1. The van der Waals surface area contributed by atoms with E-state index in [0.29, 0.717) is 5.69 Å². The summed E-state index contributed by atoms with van der Waals surface area (Å²) in [7, 11) is -3.63. The zero-order valence-corrected chi connectivity index (χ0v) is 14.3. The first-order valence-electron chi connectivity index (χ1n) is 5.98. The summed E-state index contributed by atoms with van der Waals surface area (Å²) in [5.41, 5.74) is 0.606. The van der Waals surface area contributed by atoms with Crippen LogP contribution in [0.2, 0.25) is 0 Å². The lowest BCUT2D eigenvalue weighted by Crippen LogP contribution is -2.32. The molecule has 0 aliphatic rings. The van der Waals surface area contributed by atoms with Gasteiger partial charge in [-0.3, -0.25) is 4.79 Å². The van der Waals surface area contributed by atoms with Gasteiger partial charge in [-0.05, 0) is 43.3 Å². The number of rotatable bonds is 5. The van der Waals surface area contributed by atoms with Gasteiger partial charge in [0.1, 0.15) is 4.21 Å². The van der Waals surface area contributed by atoms with Gasteiger partial charge >= 0.3 is 0 Å². The summed E-state index contributed by atoms with van der Waals surface area (Å²) < 4.78 is 27.3. The molecule has 0 saturated carbocycles. The zero-order chi connectivity index (χ0) is 15.5. The standard InChI is InChI=1S/C13H13BrN2O3S2/c1-9-2-7-13(20-9)21(18,19)15-8-12(17)16-11-5-3-10(14)4-6-11/h2-7,15H,8H2,1H3,(H,16,17). The summed E-state index contributed by atoms with van der Waals surface area (Å²) in [6.07, 6.45) is 0. The smallest absolute Gasteiger partial charge is 0.250 e. The van der Waals surface area contributed by atoms with E-state index in [0.717, 1.165) is 20.7 Å². The van der Waals surface area contributed by atoms with Crippen LogP contribution in [-0.2, 0) is 14.8 Å². The quantitative estimate of drug-likeness (QED) is 0.826. The van der Waals surface area contributed by atoms with Crippen molar-refractivity contribution in [2.75, 3.05) is 11.9 Å². The lowest BCUT2D eigenvalue weighted by molar-refractivity contribution is -0.115. The molecule has 1 amide bonds. The van der Waals surface area contributed by atoms with Crippen LogP contribution < -0.4 is 10.0 Å². The Hall–Kier alpha value is -1.22. The third-order valence-electron chi connectivity index (χ3n) is 2.53. The number of halogens is 1. The minimum Gasteiger partial charge on any atom is -0.325 e. The van der Waals surface area contributed by atoms with Gasteiger partial charge < -0.3 is 5.32 Å². The van der Waals surface area contributed by atoms with Gasteiger partial charge in [0, 0.05) is 15.0 Å². The third-order valence-corrected chi connectivity index (χ3v) is 5.95. The van der Waals surface area contributed by atoms with E-state index >= 15 is 0 Å². The maximum atomic E-state index is 12.0. The molecule has 1 aromatic carbocycles. The van der Waals surface area contributed by atoms with Crippen molar-refractivity contribution in [3.05, 3.63) is 45.7 Å². The largest absolute Gasteiger partial charge is 0.325 e. The van der Waals surface area contributed by atoms with Gasteiger partial charge in [0.05, 0.1) is 6.54 Å². The van der Waals surface area contributed by atoms with Gasteiger partial charge in [0.25, 0.3) is 10.0 Å². The van der Waals surface area contributed by atoms with Crippen molar-refractivity contribution in [3.63, 3.8) is 0 Å². The molecule has 5 nitrogen and oxygen atoms in total. The first kappa shape index (κ1) is 16.2. The van der Waals surface area contributed by atoms with E-state index in [4.69, 9.17) is 0 Å². The van der Waals surface area contributed by atoms with Crippen LogP contribution in [0.25, 0.3) is 0 Å². The Kier molecular flexibility index (Phi) is 5.15. The molecule has 0 fully saturated rings. The molecule has 2 rings (SSSR count). The molecule has 0 radical (unpaired) electrons. The SMILES string of the molecule is Cc1ccc(S(=O)(=O)NCC(=O)Nc2ccc(Br)cc2)s1. The molecule has 0 bridgehead atoms. The van der Waals surface area contributed by atoms with Crippen molar-refractivity contribution in [3.8, 4) is 0 Å². The third kappa shape index (κ3) is 4.63. The van der Waals surface area contributed by atoms with Crippen molar-refractivity contribution in [1.29, 1.82) is 0 Å². The Balaban J connectivity index is 1.93. The van der Waals surface area contributed by atoms with Crippen molar-refractivity contribution in [2.24, 2.45) is 0 Å². The topological polar surface area (TPSA) is 75.3 Å². The number of benzene rings is 1. The van der Waals surface area contributed by atoms with Crippen molar-refractivity contribution in [2.45, 2.75) is 11.1 Å². The second-order valence-corrected chi connectivity index (χ2v) is 8.44. The highest BCUT2D eigenvalue weighted by atomic mass is 79.9. The summed E-state index contributed by atoms with van der Waals surface area (Å²) in [5.74, 6) is -0.422. The van der Waals surface area contributed by atoms with Gasteiger partial charge in [-0.1, -0.05) is 15.9 Å². The van der Waals surface area contributed by atoms with E-state index in [1.54, 1.807) is 30.3 Å². The average Bonchev–Trinajstić information content (AvgIpc) is 2.87. The number of hydrogen-bond donors (Lipinski definition) is 2. The fourth-order valence-electron chi connectivity index (χ4n) is 1.53. The van der Waals surface area contributed by atoms with E-state index in [2.05, 4.69) is 26.0 Å². The number of carbonyl (C=O) groups excluding carboxylic acids is 1. The Bertz CT molecular complexity index is 739. The van der Waals surface area contributed by atoms with Gasteiger partial charge in [0.2, 0.25) is 5.91 Å². The molecule has 0 unspecified atom stereocenters. The van der Waals surface area contributed by atoms with Crippen LogP contribution >= 0.6 is 27.3 Å². The van der Waals surface area contributed by atoms with Gasteiger partial charge in [-0.2, -0.15) is 0 Å². The van der Waals surface area contributed by atoms with E-state index in [1.807, 2.05) is 6.92 Å². The van der Waals surface area contributed by atoms with Crippen molar-refractivity contribution < 1.29 is 13.2 Å². The number of hydrogen-bond acceptors (Lipinski definition) is 4. The maximum absolute atomic E-state index is 12.0. The van der Waals surface area contributed by atoms with Crippen molar-refractivity contribution >= 4 is 48.9 Å². The summed E-state index contributed by atoms with van der Waals surface area (Å²) in [5, 5.41) is 2.62. The molecule has 1 aromatic heterocycles. The molecule has 0 aliphatic carbocycles.